The van der Waals surface area contributed by atoms with E-state index in [1.165, 1.54) is 80.9 Å². The molecule has 0 radical (unpaired) electrons. The third-order valence-electron chi connectivity index (χ3n) is 6.07. The molecule has 2 aromatic carbocycles. The highest BCUT2D eigenvalue weighted by Gasteiger charge is 2.27. The van der Waals surface area contributed by atoms with Crippen LogP contribution in [0, 0.1) is 6.92 Å². The first-order valence-electron chi connectivity index (χ1n) is 11.4. The van der Waals surface area contributed by atoms with Crippen LogP contribution in [0.2, 0.25) is 0 Å². The number of hydrogen-bond donors (Lipinski definition) is 0. The summed E-state index contributed by atoms with van der Waals surface area (Å²) < 4.78 is 0. The van der Waals surface area contributed by atoms with E-state index in [4.69, 9.17) is 11.6 Å². The third-order valence-corrected chi connectivity index (χ3v) is 6.49. The van der Waals surface area contributed by atoms with Gasteiger partial charge in [0.1, 0.15) is 0 Å². The number of aryl methyl sites for hydroxylation is 1. The smallest absolute Gasteiger partial charge is 0.0918 e. The molecule has 1 heteroatoms. The standard InChI is InChI=1S/C27H39Cl/c1-4-5-6-7-8-9-10-11-12-14-18-24-19-17-22-26(23(24)2)27(3,28)25-20-15-13-16-21-25/h13,15-17,19-22H,4-12,14,18H2,1-3H3. The van der Waals surface area contributed by atoms with Gasteiger partial charge in [0, 0.05) is 0 Å². The van der Waals surface area contributed by atoms with E-state index in [2.05, 4.69) is 63.2 Å². The maximum atomic E-state index is 7.03. The van der Waals surface area contributed by atoms with Crippen LogP contribution in [0.5, 0.6) is 0 Å². The minimum atomic E-state index is -0.473. The molecule has 0 aliphatic heterocycles. The van der Waals surface area contributed by atoms with Crippen LogP contribution in [0.3, 0.4) is 0 Å². The van der Waals surface area contributed by atoms with E-state index in [0.29, 0.717) is 0 Å². The van der Waals surface area contributed by atoms with Gasteiger partial charge in [-0.05, 0) is 48.9 Å². The Bertz CT molecular complexity index is 672. The lowest BCUT2D eigenvalue weighted by atomic mass is 9.86. The molecule has 1 unspecified atom stereocenters. The van der Waals surface area contributed by atoms with E-state index < -0.39 is 4.87 Å². The molecule has 0 aliphatic carbocycles. The summed E-state index contributed by atoms with van der Waals surface area (Å²) >= 11 is 7.03. The van der Waals surface area contributed by atoms with Crippen molar-refractivity contribution in [3.63, 3.8) is 0 Å². The van der Waals surface area contributed by atoms with Crippen molar-refractivity contribution >= 4 is 11.6 Å². The zero-order valence-corrected chi connectivity index (χ0v) is 19.0. The van der Waals surface area contributed by atoms with Gasteiger partial charge in [0.15, 0.2) is 0 Å². The highest BCUT2D eigenvalue weighted by Crippen LogP contribution is 2.38. The summed E-state index contributed by atoms with van der Waals surface area (Å²) in [4.78, 5) is -0.473. The number of halogens is 1. The van der Waals surface area contributed by atoms with Crippen LogP contribution in [0.15, 0.2) is 48.5 Å². The zero-order valence-electron chi connectivity index (χ0n) is 18.3. The Morgan fingerprint density at radius 2 is 1.29 bits per heavy atom. The predicted octanol–water partition coefficient (Wildman–Crippen LogP) is 8.96. The average Bonchev–Trinajstić information content (AvgIpc) is 2.71. The number of alkyl halides is 1. The summed E-state index contributed by atoms with van der Waals surface area (Å²) in [5, 5.41) is 0. The van der Waals surface area contributed by atoms with E-state index in [9.17, 15) is 0 Å². The SMILES string of the molecule is CCCCCCCCCCCCc1cccc(C(C)(Cl)c2ccccc2)c1C. The number of unbranched alkanes of at least 4 members (excludes halogenated alkanes) is 9. The van der Waals surface area contributed by atoms with E-state index in [0.717, 1.165) is 12.0 Å². The Morgan fingerprint density at radius 1 is 0.714 bits per heavy atom. The lowest BCUT2D eigenvalue weighted by molar-refractivity contribution is 0.556. The first-order valence-corrected chi connectivity index (χ1v) is 11.8. The molecule has 0 heterocycles. The quantitative estimate of drug-likeness (QED) is 0.233. The molecule has 0 aliphatic rings. The Balaban J connectivity index is 1.80. The largest absolute Gasteiger partial charge is 0.109 e. The van der Waals surface area contributed by atoms with Crippen LogP contribution < -0.4 is 0 Å². The molecule has 2 rings (SSSR count). The molecule has 0 spiro atoms. The number of hydrogen-bond acceptors (Lipinski definition) is 0. The summed E-state index contributed by atoms with van der Waals surface area (Å²) in [6.07, 6.45) is 15.0. The van der Waals surface area contributed by atoms with Gasteiger partial charge < -0.3 is 0 Å². The van der Waals surface area contributed by atoms with Crippen LogP contribution in [0.4, 0.5) is 0 Å². The normalized spacial score (nSPS) is 13.4. The first-order chi connectivity index (χ1) is 13.6. The fraction of sp³-hybridized carbons (Fsp3) is 0.556. The maximum Gasteiger partial charge on any atom is 0.0918 e. The van der Waals surface area contributed by atoms with Crippen molar-refractivity contribution in [3.05, 3.63) is 70.8 Å². The van der Waals surface area contributed by atoms with E-state index in [1.54, 1.807) is 0 Å². The number of rotatable bonds is 13. The summed E-state index contributed by atoms with van der Waals surface area (Å²) in [7, 11) is 0. The molecule has 0 saturated carbocycles. The highest BCUT2D eigenvalue weighted by atomic mass is 35.5. The van der Waals surface area contributed by atoms with Gasteiger partial charge in [-0.2, -0.15) is 0 Å². The average molecular weight is 399 g/mol. The van der Waals surface area contributed by atoms with Gasteiger partial charge in [-0.3, -0.25) is 0 Å². The Morgan fingerprint density at radius 3 is 1.89 bits per heavy atom. The Labute approximate surface area is 178 Å². The molecule has 2 aromatic rings. The Hall–Kier alpha value is -1.27. The molecule has 0 fully saturated rings. The number of benzene rings is 2. The van der Waals surface area contributed by atoms with Crippen LogP contribution in [-0.4, -0.2) is 0 Å². The molecular weight excluding hydrogens is 360 g/mol. The fourth-order valence-electron chi connectivity index (χ4n) is 4.17. The van der Waals surface area contributed by atoms with Gasteiger partial charge >= 0.3 is 0 Å². The van der Waals surface area contributed by atoms with E-state index >= 15 is 0 Å². The van der Waals surface area contributed by atoms with Crippen molar-refractivity contribution in [1.82, 2.24) is 0 Å². The monoisotopic (exact) mass is 398 g/mol. The summed E-state index contributed by atoms with van der Waals surface area (Å²) in [6.45, 7) is 6.65. The van der Waals surface area contributed by atoms with Crippen molar-refractivity contribution in [1.29, 1.82) is 0 Å². The second kappa shape index (κ2) is 12.3. The molecule has 0 nitrogen and oxygen atoms in total. The van der Waals surface area contributed by atoms with Crippen molar-refractivity contribution in [3.8, 4) is 0 Å². The van der Waals surface area contributed by atoms with Gasteiger partial charge in [-0.25, -0.2) is 0 Å². The molecule has 154 valence electrons. The van der Waals surface area contributed by atoms with E-state index in [1.807, 2.05) is 6.07 Å². The second-order valence-electron chi connectivity index (χ2n) is 8.39. The van der Waals surface area contributed by atoms with Crippen molar-refractivity contribution < 1.29 is 0 Å². The van der Waals surface area contributed by atoms with Crippen LogP contribution in [0.25, 0.3) is 0 Å². The van der Waals surface area contributed by atoms with Crippen LogP contribution in [-0.2, 0) is 11.3 Å². The minimum absolute atomic E-state index is 0.473. The van der Waals surface area contributed by atoms with Gasteiger partial charge in [-0.1, -0.05) is 113 Å². The van der Waals surface area contributed by atoms with Gasteiger partial charge in [0.25, 0.3) is 0 Å². The minimum Gasteiger partial charge on any atom is -0.109 e. The van der Waals surface area contributed by atoms with Gasteiger partial charge in [0.05, 0.1) is 4.87 Å². The lowest BCUT2D eigenvalue weighted by Gasteiger charge is -2.26. The van der Waals surface area contributed by atoms with Crippen molar-refractivity contribution in [2.75, 3.05) is 0 Å². The summed E-state index contributed by atoms with van der Waals surface area (Å²) in [6, 6.07) is 17.1. The van der Waals surface area contributed by atoms with E-state index in [-0.39, 0.29) is 0 Å². The first kappa shape index (κ1) is 23.0. The third kappa shape index (κ3) is 6.96. The Kier molecular flexibility index (Phi) is 10.1. The van der Waals surface area contributed by atoms with Crippen LogP contribution >= 0.6 is 11.6 Å². The molecular formula is C27H39Cl. The van der Waals surface area contributed by atoms with Gasteiger partial charge in [0.2, 0.25) is 0 Å². The molecule has 0 bridgehead atoms. The molecule has 0 saturated heterocycles. The van der Waals surface area contributed by atoms with Crippen LogP contribution in [0.1, 0.15) is 100 Å². The van der Waals surface area contributed by atoms with Crippen molar-refractivity contribution in [2.24, 2.45) is 0 Å². The lowest BCUT2D eigenvalue weighted by Crippen LogP contribution is -2.17. The maximum absolute atomic E-state index is 7.03. The molecule has 0 N–H and O–H groups in total. The topological polar surface area (TPSA) is 0 Å². The fourth-order valence-corrected chi connectivity index (χ4v) is 4.50. The second-order valence-corrected chi connectivity index (χ2v) is 9.15. The highest BCUT2D eigenvalue weighted by molar-refractivity contribution is 6.25. The summed E-state index contributed by atoms with van der Waals surface area (Å²) in [5.74, 6) is 0. The van der Waals surface area contributed by atoms with Gasteiger partial charge in [-0.15, -0.1) is 11.6 Å². The predicted molar refractivity (Wildman–Crippen MR) is 125 cm³/mol. The summed E-state index contributed by atoms with van der Waals surface area (Å²) in [5.41, 5.74) is 5.22. The molecule has 0 aromatic heterocycles. The molecule has 28 heavy (non-hydrogen) atoms. The van der Waals surface area contributed by atoms with Crippen molar-refractivity contribution in [2.45, 2.75) is 96.3 Å². The zero-order chi connectivity index (χ0) is 20.2. The molecule has 1 atom stereocenters. The molecule has 0 amide bonds.